The Hall–Kier alpha value is -0.176. The van der Waals surface area contributed by atoms with Crippen LogP contribution >= 0.6 is 0 Å². The van der Waals surface area contributed by atoms with E-state index in [-0.39, 0.29) is 38.8 Å². The summed E-state index contributed by atoms with van der Waals surface area (Å²) in [6.45, 7) is 2.07. The van der Waals surface area contributed by atoms with Crippen LogP contribution < -0.4 is 0 Å². The third kappa shape index (κ3) is 2.11. The normalized spacial score (nSPS) is 18.9. The van der Waals surface area contributed by atoms with Gasteiger partial charge in [-0.1, -0.05) is 12.4 Å². The van der Waals surface area contributed by atoms with Crippen LogP contribution in [0.2, 0.25) is 0 Å². The molecule has 0 amide bonds. The molecule has 87 valence electrons. The van der Waals surface area contributed by atoms with E-state index in [0.717, 1.165) is 19.3 Å². The van der Waals surface area contributed by atoms with E-state index >= 15 is 0 Å². The Labute approximate surface area is 127 Å². The monoisotopic (exact) mass is 303 g/mol. The number of benzene rings is 1. The van der Waals surface area contributed by atoms with Crippen LogP contribution in [0.4, 0.5) is 0 Å². The van der Waals surface area contributed by atoms with Crippen molar-refractivity contribution in [1.29, 1.82) is 0 Å². The average molecular weight is 303 g/mol. The largest absolute Gasteiger partial charge is 0.400 e. The molecule has 1 aliphatic carbocycles. The van der Waals surface area contributed by atoms with Crippen LogP contribution in [0, 0.1) is 13.0 Å². The molecule has 17 heavy (non-hydrogen) atoms. The van der Waals surface area contributed by atoms with Crippen LogP contribution in [0.1, 0.15) is 23.2 Å². The Kier molecular flexibility index (Phi) is 3.77. The molecule has 1 N–H and O–H groups in total. The van der Waals surface area contributed by atoms with Crippen molar-refractivity contribution in [1.82, 2.24) is 4.57 Å². The number of aromatic nitrogens is 1. The maximum Gasteiger partial charge on any atom is 0.0584 e. The van der Waals surface area contributed by atoms with Crippen molar-refractivity contribution in [2.75, 3.05) is 0 Å². The van der Waals surface area contributed by atoms with E-state index in [0.29, 0.717) is 0 Å². The standard InChI is InChI=1S/C14H16NO.Y/c1-9-3-5-13-11(7-9)12-8-10(16)4-6-14(12)15(13)2;/h5,7,10,16H,4,6,8H2,1-2H3;/q-1;. The topological polar surface area (TPSA) is 25.2 Å². The second-order valence-corrected chi connectivity index (χ2v) is 4.80. The number of hydrogen-bond acceptors (Lipinski definition) is 1. The predicted molar refractivity (Wildman–Crippen MR) is 64.5 cm³/mol. The molecule has 1 heterocycles. The van der Waals surface area contributed by atoms with Gasteiger partial charge in [0.15, 0.2) is 0 Å². The van der Waals surface area contributed by atoms with Crippen molar-refractivity contribution in [2.45, 2.75) is 32.3 Å². The van der Waals surface area contributed by atoms with Gasteiger partial charge in [-0.15, -0.1) is 5.39 Å². The summed E-state index contributed by atoms with van der Waals surface area (Å²) in [5, 5.41) is 11.1. The molecule has 1 unspecified atom stereocenters. The number of aliphatic hydroxyl groups is 1. The van der Waals surface area contributed by atoms with Crippen LogP contribution in [0.25, 0.3) is 10.9 Å². The molecule has 2 nitrogen and oxygen atoms in total. The summed E-state index contributed by atoms with van der Waals surface area (Å²) in [7, 11) is 2.11. The number of aryl methyl sites for hydroxylation is 2. The molecule has 0 bridgehead atoms. The van der Waals surface area contributed by atoms with E-state index in [1.165, 1.54) is 27.7 Å². The molecule has 2 aromatic rings. The van der Waals surface area contributed by atoms with E-state index in [1.54, 1.807) is 0 Å². The van der Waals surface area contributed by atoms with E-state index < -0.39 is 0 Å². The molecule has 0 fully saturated rings. The van der Waals surface area contributed by atoms with Gasteiger partial charge in [-0.3, -0.25) is 0 Å². The fraction of sp³-hybridized carbons (Fsp3) is 0.429. The minimum absolute atomic E-state index is 0. The van der Waals surface area contributed by atoms with Crippen LogP contribution in [-0.2, 0) is 52.6 Å². The molecule has 0 spiro atoms. The van der Waals surface area contributed by atoms with Crippen molar-refractivity contribution in [2.24, 2.45) is 7.05 Å². The third-order valence-electron chi connectivity index (χ3n) is 3.67. The van der Waals surface area contributed by atoms with Gasteiger partial charge in [0.2, 0.25) is 0 Å². The summed E-state index contributed by atoms with van der Waals surface area (Å²) >= 11 is 0. The Bertz CT molecular complexity index is 559. The number of fused-ring (bicyclic) bond motifs is 3. The van der Waals surface area contributed by atoms with Crippen molar-refractivity contribution >= 4 is 10.9 Å². The zero-order valence-electron chi connectivity index (χ0n) is 10.3. The van der Waals surface area contributed by atoms with Gasteiger partial charge in [-0.05, 0) is 31.9 Å². The maximum atomic E-state index is 9.78. The summed E-state index contributed by atoms with van der Waals surface area (Å²) in [6, 6.07) is 7.50. The zero-order chi connectivity index (χ0) is 11.3. The number of nitrogens with zero attached hydrogens (tertiary/aromatic N) is 1. The molecular weight excluding hydrogens is 287 g/mol. The molecule has 1 aromatic heterocycles. The fourth-order valence-corrected chi connectivity index (χ4v) is 2.80. The first kappa shape index (κ1) is 13.3. The van der Waals surface area contributed by atoms with Crippen LogP contribution in [0.15, 0.2) is 12.1 Å². The Balaban J connectivity index is 0.00000108. The summed E-state index contributed by atoms with van der Waals surface area (Å²) in [5.41, 5.74) is 5.14. The van der Waals surface area contributed by atoms with E-state index in [9.17, 15) is 5.11 Å². The first-order valence-corrected chi connectivity index (χ1v) is 5.83. The van der Waals surface area contributed by atoms with Gasteiger partial charge in [-0.25, -0.2) is 0 Å². The van der Waals surface area contributed by atoms with Gasteiger partial charge in [0.25, 0.3) is 0 Å². The summed E-state index contributed by atoms with van der Waals surface area (Å²) in [4.78, 5) is 0. The Morgan fingerprint density at radius 1 is 1.47 bits per heavy atom. The zero-order valence-corrected chi connectivity index (χ0v) is 13.2. The molecule has 0 saturated carbocycles. The second-order valence-electron chi connectivity index (χ2n) is 4.80. The van der Waals surface area contributed by atoms with Crippen molar-refractivity contribution in [3.8, 4) is 0 Å². The number of hydrogen-bond donors (Lipinski definition) is 1. The van der Waals surface area contributed by atoms with E-state index in [4.69, 9.17) is 0 Å². The molecule has 1 atom stereocenters. The molecule has 3 rings (SSSR count). The number of rotatable bonds is 0. The second kappa shape index (κ2) is 4.83. The van der Waals surface area contributed by atoms with Gasteiger partial charge in [0.1, 0.15) is 0 Å². The average Bonchev–Trinajstić information content (AvgIpc) is 2.52. The molecule has 0 saturated heterocycles. The minimum atomic E-state index is -0.164. The van der Waals surface area contributed by atoms with Crippen molar-refractivity contribution in [3.63, 3.8) is 0 Å². The first-order valence-electron chi connectivity index (χ1n) is 5.83. The van der Waals surface area contributed by atoms with Crippen LogP contribution in [-0.4, -0.2) is 15.8 Å². The fourth-order valence-electron chi connectivity index (χ4n) is 2.80. The maximum absolute atomic E-state index is 9.78. The quantitative estimate of drug-likeness (QED) is 0.741. The molecule has 1 aliphatic rings. The Morgan fingerprint density at radius 3 is 3.00 bits per heavy atom. The van der Waals surface area contributed by atoms with Gasteiger partial charge >= 0.3 is 0 Å². The SMILES string of the molecule is Cc1[c-]cc2c(c1)c1c(n2C)CCC(O)C1.[Y]. The van der Waals surface area contributed by atoms with Gasteiger partial charge in [0.05, 0.1) is 6.10 Å². The smallest absolute Gasteiger partial charge is 0.0584 e. The van der Waals surface area contributed by atoms with Gasteiger partial charge < -0.3 is 9.67 Å². The van der Waals surface area contributed by atoms with Crippen LogP contribution in [0.3, 0.4) is 0 Å². The summed E-state index contributed by atoms with van der Waals surface area (Å²) in [5.74, 6) is 0. The predicted octanol–water partition coefficient (Wildman–Crippen LogP) is 2.13. The van der Waals surface area contributed by atoms with Crippen molar-refractivity contribution < 1.29 is 37.8 Å². The van der Waals surface area contributed by atoms with E-state index in [2.05, 4.69) is 36.7 Å². The van der Waals surface area contributed by atoms with E-state index in [1.807, 2.05) is 0 Å². The molecule has 0 aliphatic heterocycles. The van der Waals surface area contributed by atoms with Crippen LogP contribution in [0.5, 0.6) is 0 Å². The third-order valence-corrected chi connectivity index (χ3v) is 3.67. The van der Waals surface area contributed by atoms with Crippen molar-refractivity contribution in [3.05, 3.63) is 35.0 Å². The first-order chi connectivity index (χ1) is 7.66. The molecular formula is C14H16NOY-. The molecule has 1 radical (unpaired) electrons. The van der Waals surface area contributed by atoms with Gasteiger partial charge in [-0.2, -0.15) is 23.8 Å². The molecule has 1 aromatic carbocycles. The minimum Gasteiger partial charge on any atom is -0.400 e. The number of aliphatic hydroxyl groups excluding tert-OH is 1. The summed E-state index contributed by atoms with van der Waals surface area (Å²) < 4.78 is 2.26. The molecule has 3 heteroatoms. The summed E-state index contributed by atoms with van der Waals surface area (Å²) in [6.07, 6.45) is 2.51. The van der Waals surface area contributed by atoms with Gasteiger partial charge in [0, 0.05) is 38.4 Å². The Morgan fingerprint density at radius 2 is 2.24 bits per heavy atom.